The van der Waals surface area contributed by atoms with Crippen LogP contribution < -0.4 is 10.6 Å². The molecule has 29 heavy (non-hydrogen) atoms. The fraction of sp³-hybridized carbons (Fsp3) is 0.571. The first-order valence-corrected chi connectivity index (χ1v) is 10.1. The van der Waals surface area contributed by atoms with Crippen molar-refractivity contribution in [3.8, 4) is 0 Å². The molecule has 1 aliphatic rings. The van der Waals surface area contributed by atoms with Gasteiger partial charge in [0.2, 0.25) is 5.91 Å². The summed E-state index contributed by atoms with van der Waals surface area (Å²) in [5.74, 6) is 0.737. The molecule has 0 aliphatic carbocycles. The Labute approximate surface area is 191 Å². The molecule has 1 heterocycles. The van der Waals surface area contributed by atoms with Crippen LogP contribution in [0.4, 0.5) is 0 Å². The van der Waals surface area contributed by atoms with E-state index in [1.165, 1.54) is 6.42 Å². The van der Waals surface area contributed by atoms with Crippen molar-refractivity contribution in [1.82, 2.24) is 20.4 Å². The second-order valence-electron chi connectivity index (χ2n) is 7.21. The summed E-state index contributed by atoms with van der Waals surface area (Å²) in [5.41, 5.74) is 1.77. The SMILES string of the molecule is CCNC(=NCC(=O)N1CCCCC1)NCCc1cccc(C(=O)N(C)C)c1.I. The minimum Gasteiger partial charge on any atom is -0.357 e. The summed E-state index contributed by atoms with van der Waals surface area (Å²) >= 11 is 0. The summed E-state index contributed by atoms with van der Waals surface area (Å²) in [6, 6.07) is 7.67. The van der Waals surface area contributed by atoms with Gasteiger partial charge in [0, 0.05) is 45.8 Å². The Kier molecular flexibility index (Phi) is 11.6. The zero-order chi connectivity index (χ0) is 20.4. The fourth-order valence-corrected chi connectivity index (χ4v) is 3.18. The number of nitrogens with zero attached hydrogens (tertiary/aromatic N) is 3. The molecule has 2 rings (SSSR count). The van der Waals surface area contributed by atoms with E-state index in [0.29, 0.717) is 18.1 Å². The van der Waals surface area contributed by atoms with E-state index in [0.717, 1.165) is 44.5 Å². The molecule has 0 atom stereocenters. The highest BCUT2D eigenvalue weighted by molar-refractivity contribution is 14.0. The number of halogens is 1. The van der Waals surface area contributed by atoms with Gasteiger partial charge in [-0.05, 0) is 50.3 Å². The molecule has 2 N–H and O–H groups in total. The Morgan fingerprint density at radius 2 is 1.86 bits per heavy atom. The quantitative estimate of drug-likeness (QED) is 0.332. The molecule has 0 aromatic heterocycles. The van der Waals surface area contributed by atoms with Gasteiger partial charge in [0.05, 0.1) is 0 Å². The molecule has 0 radical (unpaired) electrons. The van der Waals surface area contributed by atoms with Gasteiger partial charge >= 0.3 is 0 Å². The molecule has 162 valence electrons. The number of rotatable bonds is 7. The van der Waals surface area contributed by atoms with Gasteiger partial charge in [-0.2, -0.15) is 0 Å². The van der Waals surface area contributed by atoms with Gasteiger partial charge in [-0.15, -0.1) is 24.0 Å². The lowest BCUT2D eigenvalue weighted by atomic mass is 10.1. The fourth-order valence-electron chi connectivity index (χ4n) is 3.18. The van der Waals surface area contributed by atoms with Crippen molar-refractivity contribution in [2.24, 2.45) is 4.99 Å². The minimum absolute atomic E-state index is 0. The van der Waals surface area contributed by atoms with E-state index in [2.05, 4.69) is 15.6 Å². The zero-order valence-corrected chi connectivity index (χ0v) is 20.1. The maximum atomic E-state index is 12.3. The minimum atomic E-state index is 0. The highest BCUT2D eigenvalue weighted by atomic mass is 127. The van der Waals surface area contributed by atoms with Crippen molar-refractivity contribution in [2.45, 2.75) is 32.6 Å². The van der Waals surface area contributed by atoms with Crippen LogP contribution in [0.3, 0.4) is 0 Å². The number of likely N-dealkylation sites (tertiary alicyclic amines) is 1. The maximum absolute atomic E-state index is 12.3. The first kappa shape index (κ1) is 25.2. The number of guanidine groups is 1. The average Bonchev–Trinajstić information content (AvgIpc) is 2.72. The molecular formula is C21H34IN5O2. The van der Waals surface area contributed by atoms with Gasteiger partial charge in [0.25, 0.3) is 5.91 Å². The highest BCUT2D eigenvalue weighted by Crippen LogP contribution is 2.09. The van der Waals surface area contributed by atoms with Crippen molar-refractivity contribution in [3.05, 3.63) is 35.4 Å². The monoisotopic (exact) mass is 515 g/mol. The van der Waals surface area contributed by atoms with Gasteiger partial charge < -0.3 is 20.4 Å². The lowest BCUT2D eigenvalue weighted by Crippen LogP contribution is -2.41. The van der Waals surface area contributed by atoms with E-state index in [-0.39, 0.29) is 42.3 Å². The molecule has 2 amide bonds. The number of hydrogen-bond acceptors (Lipinski definition) is 3. The van der Waals surface area contributed by atoms with E-state index in [9.17, 15) is 9.59 Å². The molecule has 0 bridgehead atoms. The van der Waals surface area contributed by atoms with Gasteiger partial charge in [-0.1, -0.05) is 12.1 Å². The molecule has 7 nitrogen and oxygen atoms in total. The number of piperidine rings is 1. The lowest BCUT2D eigenvalue weighted by Gasteiger charge is -2.26. The number of hydrogen-bond donors (Lipinski definition) is 2. The topological polar surface area (TPSA) is 77.0 Å². The summed E-state index contributed by atoms with van der Waals surface area (Å²) in [4.78, 5) is 32.3. The molecular weight excluding hydrogens is 481 g/mol. The summed E-state index contributed by atoms with van der Waals surface area (Å²) in [6.07, 6.45) is 4.14. The van der Waals surface area contributed by atoms with Gasteiger partial charge in [0.1, 0.15) is 6.54 Å². The van der Waals surface area contributed by atoms with Gasteiger partial charge in [0.15, 0.2) is 5.96 Å². The summed E-state index contributed by atoms with van der Waals surface area (Å²) in [6.45, 7) is 5.27. The number of carbonyl (C=O) groups is 2. The number of amides is 2. The molecule has 0 spiro atoms. The first-order valence-electron chi connectivity index (χ1n) is 10.1. The van der Waals surface area contributed by atoms with Crippen LogP contribution >= 0.6 is 24.0 Å². The largest absolute Gasteiger partial charge is 0.357 e. The Bertz CT molecular complexity index is 687. The summed E-state index contributed by atoms with van der Waals surface area (Å²) in [5, 5.41) is 6.45. The van der Waals surface area contributed by atoms with Crippen molar-refractivity contribution in [3.63, 3.8) is 0 Å². The molecule has 1 fully saturated rings. The van der Waals surface area contributed by atoms with Gasteiger partial charge in [-0.3, -0.25) is 9.59 Å². The van der Waals surface area contributed by atoms with Crippen LogP contribution in [0, 0.1) is 0 Å². The van der Waals surface area contributed by atoms with Crippen molar-refractivity contribution in [1.29, 1.82) is 0 Å². The predicted octanol–water partition coefficient (Wildman–Crippen LogP) is 2.12. The molecule has 1 aliphatic heterocycles. The van der Waals surface area contributed by atoms with Crippen molar-refractivity contribution in [2.75, 3.05) is 46.8 Å². The number of aliphatic imine (C=N–C) groups is 1. The lowest BCUT2D eigenvalue weighted by molar-refractivity contribution is -0.130. The third-order valence-electron chi connectivity index (χ3n) is 4.71. The predicted molar refractivity (Wildman–Crippen MR) is 128 cm³/mol. The van der Waals surface area contributed by atoms with Crippen LogP contribution in [0.25, 0.3) is 0 Å². The van der Waals surface area contributed by atoms with Crippen LogP contribution in [-0.2, 0) is 11.2 Å². The molecule has 1 aromatic rings. The summed E-state index contributed by atoms with van der Waals surface area (Å²) in [7, 11) is 3.50. The molecule has 1 saturated heterocycles. The molecule has 0 saturated carbocycles. The molecule has 1 aromatic carbocycles. The number of carbonyl (C=O) groups excluding carboxylic acids is 2. The maximum Gasteiger partial charge on any atom is 0.253 e. The Morgan fingerprint density at radius 3 is 2.52 bits per heavy atom. The second kappa shape index (κ2) is 13.4. The summed E-state index contributed by atoms with van der Waals surface area (Å²) < 4.78 is 0. The van der Waals surface area contributed by atoms with Crippen molar-refractivity contribution < 1.29 is 9.59 Å². The van der Waals surface area contributed by atoms with Crippen LogP contribution in [0.5, 0.6) is 0 Å². The average molecular weight is 515 g/mol. The highest BCUT2D eigenvalue weighted by Gasteiger charge is 2.16. The van der Waals surface area contributed by atoms with Crippen LogP contribution in [0.15, 0.2) is 29.3 Å². The van der Waals surface area contributed by atoms with E-state index >= 15 is 0 Å². The van der Waals surface area contributed by atoms with Crippen LogP contribution in [0.2, 0.25) is 0 Å². The second-order valence-corrected chi connectivity index (χ2v) is 7.21. The Balaban J connectivity index is 0.00000420. The van der Waals surface area contributed by atoms with Gasteiger partial charge in [-0.25, -0.2) is 4.99 Å². The van der Waals surface area contributed by atoms with E-state index in [4.69, 9.17) is 0 Å². The van der Waals surface area contributed by atoms with Crippen LogP contribution in [0.1, 0.15) is 42.1 Å². The normalized spacial score (nSPS) is 14.0. The van der Waals surface area contributed by atoms with E-state index in [1.807, 2.05) is 36.1 Å². The van der Waals surface area contributed by atoms with Crippen LogP contribution in [-0.4, -0.2) is 74.4 Å². The third kappa shape index (κ3) is 8.59. The third-order valence-corrected chi connectivity index (χ3v) is 4.71. The van der Waals surface area contributed by atoms with Crippen molar-refractivity contribution >= 4 is 41.8 Å². The number of nitrogens with one attached hydrogen (secondary N) is 2. The Hall–Kier alpha value is -1.84. The Morgan fingerprint density at radius 1 is 1.14 bits per heavy atom. The molecule has 0 unspecified atom stereocenters. The standard InChI is InChI=1S/C21H33N5O2.HI/c1-4-22-21(24-16-19(27)26-13-6-5-7-14-26)23-12-11-17-9-8-10-18(15-17)20(28)25(2)3;/h8-10,15H,4-7,11-14,16H2,1-3H3,(H2,22,23,24);1H. The molecule has 8 heteroatoms. The first-order chi connectivity index (χ1) is 13.5. The number of benzene rings is 1. The smallest absolute Gasteiger partial charge is 0.253 e. The van der Waals surface area contributed by atoms with E-state index in [1.54, 1.807) is 19.0 Å². The van der Waals surface area contributed by atoms with E-state index < -0.39 is 0 Å². The zero-order valence-electron chi connectivity index (χ0n) is 17.7.